The van der Waals surface area contributed by atoms with Crippen LogP contribution in [0.3, 0.4) is 0 Å². The standard InChI is InChI=1S/C20H43N3.C4H8.C2H6/c1-7-19(5,23-17-15-22(6)16-18-23)11-12-20(8-2,9-3)13-14-21-10-4;1-3-4-2;1-2/h21H,7-18H2,1-6H3;3-4H,1-2H3;1-2H3/b;4-3-;. The predicted octanol–water partition coefficient (Wildman–Crippen LogP) is 6.60. The number of rotatable bonds is 11. The smallest absolute Gasteiger partial charge is 0.0180 e. The van der Waals surface area contributed by atoms with E-state index < -0.39 is 0 Å². The molecule has 1 fully saturated rings. The molecule has 1 N–H and O–H groups in total. The number of hydrogen-bond acceptors (Lipinski definition) is 3. The summed E-state index contributed by atoms with van der Waals surface area (Å²) in [7, 11) is 2.25. The van der Waals surface area contributed by atoms with Crippen molar-refractivity contribution in [1.82, 2.24) is 15.1 Å². The van der Waals surface area contributed by atoms with Gasteiger partial charge in [0.2, 0.25) is 0 Å². The van der Waals surface area contributed by atoms with Crippen molar-refractivity contribution in [2.75, 3.05) is 46.3 Å². The molecular weight excluding hydrogens is 354 g/mol. The van der Waals surface area contributed by atoms with Gasteiger partial charge >= 0.3 is 0 Å². The van der Waals surface area contributed by atoms with Crippen LogP contribution in [0.4, 0.5) is 0 Å². The molecular formula is C26H57N3. The zero-order valence-electron chi connectivity index (χ0n) is 22.0. The molecule has 0 saturated carbocycles. The summed E-state index contributed by atoms with van der Waals surface area (Å²) in [6, 6.07) is 0. The summed E-state index contributed by atoms with van der Waals surface area (Å²) in [4.78, 5) is 5.23. The Morgan fingerprint density at radius 2 is 1.31 bits per heavy atom. The van der Waals surface area contributed by atoms with Crippen LogP contribution in [0.25, 0.3) is 0 Å². The van der Waals surface area contributed by atoms with E-state index in [4.69, 9.17) is 0 Å². The lowest BCUT2D eigenvalue weighted by molar-refractivity contribution is 0.0295. The molecule has 1 heterocycles. The highest BCUT2D eigenvalue weighted by molar-refractivity contribution is 4.91. The lowest BCUT2D eigenvalue weighted by Crippen LogP contribution is -2.55. The third-order valence-electron chi connectivity index (χ3n) is 7.14. The van der Waals surface area contributed by atoms with Crippen LogP contribution in [-0.4, -0.2) is 61.7 Å². The van der Waals surface area contributed by atoms with Crippen molar-refractivity contribution in [1.29, 1.82) is 0 Å². The first-order valence-electron chi connectivity index (χ1n) is 12.6. The minimum absolute atomic E-state index is 0.384. The van der Waals surface area contributed by atoms with E-state index >= 15 is 0 Å². The Hall–Kier alpha value is -0.380. The molecule has 29 heavy (non-hydrogen) atoms. The number of nitrogens with one attached hydrogen (secondary N) is 1. The Balaban J connectivity index is 0. The summed E-state index contributed by atoms with van der Waals surface area (Å²) in [6.07, 6.45) is 12.0. The molecule has 0 aromatic heterocycles. The molecule has 0 spiro atoms. The van der Waals surface area contributed by atoms with Gasteiger partial charge in [-0.25, -0.2) is 0 Å². The summed E-state index contributed by atoms with van der Waals surface area (Å²) in [5.41, 5.74) is 0.917. The Labute approximate surface area is 185 Å². The van der Waals surface area contributed by atoms with Crippen LogP contribution in [0.2, 0.25) is 0 Å². The van der Waals surface area contributed by atoms with Crippen molar-refractivity contribution in [2.24, 2.45) is 5.41 Å². The second kappa shape index (κ2) is 18.4. The minimum Gasteiger partial charge on any atom is -0.317 e. The van der Waals surface area contributed by atoms with Crippen molar-refractivity contribution in [2.45, 2.75) is 106 Å². The largest absolute Gasteiger partial charge is 0.317 e. The number of hydrogen-bond donors (Lipinski definition) is 1. The highest BCUT2D eigenvalue weighted by atomic mass is 15.3. The van der Waals surface area contributed by atoms with Crippen LogP contribution < -0.4 is 5.32 Å². The van der Waals surface area contributed by atoms with E-state index in [1.165, 1.54) is 71.2 Å². The fourth-order valence-corrected chi connectivity index (χ4v) is 4.05. The summed E-state index contributed by atoms with van der Waals surface area (Å²) in [5.74, 6) is 0. The average molecular weight is 412 g/mol. The molecule has 0 radical (unpaired) electrons. The Kier molecular flexibility index (Phi) is 19.5. The molecule has 1 aliphatic heterocycles. The summed E-state index contributed by atoms with van der Waals surface area (Å²) >= 11 is 0. The third kappa shape index (κ3) is 12.2. The monoisotopic (exact) mass is 411 g/mol. The van der Waals surface area contributed by atoms with Crippen LogP contribution in [0, 0.1) is 5.41 Å². The van der Waals surface area contributed by atoms with Gasteiger partial charge < -0.3 is 10.2 Å². The maximum Gasteiger partial charge on any atom is 0.0180 e. The zero-order valence-corrected chi connectivity index (χ0v) is 22.0. The third-order valence-corrected chi connectivity index (χ3v) is 7.14. The van der Waals surface area contributed by atoms with Gasteiger partial charge in [0, 0.05) is 31.7 Å². The fourth-order valence-electron chi connectivity index (χ4n) is 4.05. The molecule has 0 aliphatic carbocycles. The molecule has 3 nitrogen and oxygen atoms in total. The fraction of sp³-hybridized carbons (Fsp3) is 0.923. The van der Waals surface area contributed by atoms with E-state index in [0.29, 0.717) is 11.0 Å². The van der Waals surface area contributed by atoms with Gasteiger partial charge in [0.05, 0.1) is 0 Å². The van der Waals surface area contributed by atoms with Crippen LogP contribution in [0.15, 0.2) is 12.2 Å². The Bertz CT molecular complexity index is 364. The van der Waals surface area contributed by atoms with Crippen LogP contribution in [-0.2, 0) is 0 Å². The summed E-state index contributed by atoms with van der Waals surface area (Å²) < 4.78 is 0. The van der Waals surface area contributed by atoms with Gasteiger partial charge in [-0.1, -0.05) is 66.5 Å². The maximum atomic E-state index is 3.54. The molecule has 176 valence electrons. The van der Waals surface area contributed by atoms with Gasteiger partial charge in [-0.15, -0.1) is 0 Å². The quantitative estimate of drug-likeness (QED) is 0.305. The molecule has 3 heteroatoms. The topological polar surface area (TPSA) is 18.5 Å². The summed E-state index contributed by atoms with van der Waals surface area (Å²) in [6.45, 7) is 27.1. The van der Waals surface area contributed by atoms with E-state index in [-0.39, 0.29) is 0 Å². The van der Waals surface area contributed by atoms with Gasteiger partial charge in [0.1, 0.15) is 0 Å². The highest BCUT2D eigenvalue weighted by Crippen LogP contribution is 2.39. The van der Waals surface area contributed by atoms with Crippen molar-refractivity contribution < 1.29 is 0 Å². The van der Waals surface area contributed by atoms with Gasteiger partial charge in [0.15, 0.2) is 0 Å². The van der Waals surface area contributed by atoms with Crippen LogP contribution in [0.5, 0.6) is 0 Å². The number of piperazine rings is 1. The SMILES string of the molecule is C/C=C\C.CC.CCNCCC(CC)(CC)CCC(C)(CC)N1CCN(C)CC1. The lowest BCUT2D eigenvalue weighted by atomic mass is 9.72. The Morgan fingerprint density at radius 1 is 0.793 bits per heavy atom. The van der Waals surface area contributed by atoms with E-state index in [1.54, 1.807) is 0 Å². The molecule has 1 unspecified atom stereocenters. The predicted molar refractivity (Wildman–Crippen MR) is 135 cm³/mol. The zero-order chi connectivity index (χ0) is 22.8. The molecule has 1 atom stereocenters. The van der Waals surface area contributed by atoms with Gasteiger partial charge in [0.25, 0.3) is 0 Å². The van der Waals surface area contributed by atoms with E-state index in [1.807, 2.05) is 39.8 Å². The first kappa shape index (κ1) is 30.8. The number of allylic oxidation sites excluding steroid dienone is 2. The maximum absolute atomic E-state index is 3.54. The van der Waals surface area contributed by atoms with Gasteiger partial charge in [-0.05, 0) is 72.0 Å². The number of likely N-dealkylation sites (N-methyl/N-ethyl adjacent to an activating group) is 1. The van der Waals surface area contributed by atoms with Crippen LogP contribution >= 0.6 is 0 Å². The van der Waals surface area contributed by atoms with Gasteiger partial charge in [-0.3, -0.25) is 4.90 Å². The second-order valence-electron chi connectivity index (χ2n) is 8.62. The Morgan fingerprint density at radius 3 is 1.69 bits per heavy atom. The molecule has 1 aliphatic rings. The van der Waals surface area contributed by atoms with Gasteiger partial charge in [-0.2, -0.15) is 0 Å². The van der Waals surface area contributed by atoms with Crippen molar-refractivity contribution >= 4 is 0 Å². The molecule has 0 aromatic carbocycles. The van der Waals surface area contributed by atoms with E-state index in [0.717, 1.165) is 6.54 Å². The van der Waals surface area contributed by atoms with Crippen molar-refractivity contribution in [3.63, 3.8) is 0 Å². The normalized spacial score (nSPS) is 17.9. The average Bonchev–Trinajstić information content (AvgIpc) is 2.78. The molecule has 0 bridgehead atoms. The van der Waals surface area contributed by atoms with E-state index in [9.17, 15) is 0 Å². The molecule has 0 aromatic rings. The highest BCUT2D eigenvalue weighted by Gasteiger charge is 2.35. The first-order chi connectivity index (χ1) is 13.9. The van der Waals surface area contributed by atoms with Crippen molar-refractivity contribution in [3.8, 4) is 0 Å². The van der Waals surface area contributed by atoms with E-state index in [2.05, 4.69) is 56.8 Å². The number of nitrogens with zero attached hydrogens (tertiary/aromatic N) is 2. The minimum atomic E-state index is 0.384. The first-order valence-corrected chi connectivity index (χ1v) is 12.6. The molecule has 0 amide bonds. The molecule has 1 saturated heterocycles. The summed E-state index contributed by atoms with van der Waals surface area (Å²) in [5, 5.41) is 3.54. The lowest BCUT2D eigenvalue weighted by Gasteiger charge is -2.47. The molecule has 1 rings (SSSR count). The van der Waals surface area contributed by atoms with Crippen LogP contribution in [0.1, 0.15) is 101 Å². The second-order valence-corrected chi connectivity index (χ2v) is 8.62. The van der Waals surface area contributed by atoms with Crippen molar-refractivity contribution in [3.05, 3.63) is 12.2 Å².